The van der Waals surface area contributed by atoms with E-state index in [-0.39, 0.29) is 12.3 Å². The summed E-state index contributed by atoms with van der Waals surface area (Å²) in [7, 11) is 1.43. The van der Waals surface area contributed by atoms with Crippen LogP contribution in [0, 0.1) is 5.82 Å². The van der Waals surface area contributed by atoms with Crippen LogP contribution in [0.4, 0.5) is 4.39 Å². The fraction of sp³-hybridized carbons (Fsp3) is 0.133. The second kappa shape index (κ2) is 5.13. The SMILES string of the molecule is COc1ccc(Cl)c(Cn2ncc3ccccc32)c1F. The van der Waals surface area contributed by atoms with Crippen molar-refractivity contribution in [1.29, 1.82) is 0 Å². The molecule has 3 nitrogen and oxygen atoms in total. The molecule has 0 unspecified atom stereocenters. The van der Waals surface area contributed by atoms with Gasteiger partial charge in [-0.2, -0.15) is 5.10 Å². The monoisotopic (exact) mass is 290 g/mol. The molecule has 0 fully saturated rings. The molecule has 2 aromatic carbocycles. The Bertz CT molecular complexity index is 770. The zero-order chi connectivity index (χ0) is 14.1. The highest BCUT2D eigenvalue weighted by Gasteiger charge is 2.14. The number of fused-ring (bicyclic) bond motifs is 1. The third kappa shape index (κ3) is 2.12. The molecule has 0 saturated heterocycles. The number of hydrogen-bond donors (Lipinski definition) is 0. The fourth-order valence-corrected chi connectivity index (χ4v) is 2.39. The average Bonchev–Trinajstić information content (AvgIpc) is 2.87. The first-order valence-corrected chi connectivity index (χ1v) is 6.50. The summed E-state index contributed by atoms with van der Waals surface area (Å²) >= 11 is 6.09. The number of aromatic nitrogens is 2. The van der Waals surface area contributed by atoms with Crippen LogP contribution in [0.2, 0.25) is 5.02 Å². The number of halogens is 2. The molecule has 3 aromatic rings. The Morgan fingerprint density at radius 2 is 2.05 bits per heavy atom. The number of nitrogens with zero attached hydrogens (tertiary/aromatic N) is 2. The maximum absolute atomic E-state index is 14.3. The highest BCUT2D eigenvalue weighted by Crippen LogP contribution is 2.28. The van der Waals surface area contributed by atoms with Crippen molar-refractivity contribution in [2.24, 2.45) is 0 Å². The maximum atomic E-state index is 14.3. The van der Waals surface area contributed by atoms with Gasteiger partial charge in [-0.15, -0.1) is 0 Å². The lowest BCUT2D eigenvalue weighted by Crippen LogP contribution is -2.05. The summed E-state index contributed by atoms with van der Waals surface area (Å²) in [4.78, 5) is 0. The van der Waals surface area contributed by atoms with E-state index in [0.717, 1.165) is 10.9 Å². The van der Waals surface area contributed by atoms with E-state index >= 15 is 0 Å². The van der Waals surface area contributed by atoms with E-state index in [1.807, 2.05) is 24.3 Å². The highest BCUT2D eigenvalue weighted by molar-refractivity contribution is 6.31. The molecule has 0 aliphatic heterocycles. The molecule has 5 heteroatoms. The molecule has 0 N–H and O–H groups in total. The van der Waals surface area contributed by atoms with Gasteiger partial charge >= 0.3 is 0 Å². The quantitative estimate of drug-likeness (QED) is 0.732. The Hall–Kier alpha value is -2.07. The lowest BCUT2D eigenvalue weighted by molar-refractivity contribution is 0.383. The van der Waals surface area contributed by atoms with Gasteiger partial charge in [-0.05, 0) is 18.2 Å². The maximum Gasteiger partial charge on any atom is 0.171 e. The second-order valence-corrected chi connectivity index (χ2v) is 4.81. The topological polar surface area (TPSA) is 27.1 Å². The minimum atomic E-state index is -0.445. The summed E-state index contributed by atoms with van der Waals surface area (Å²) in [6, 6.07) is 10.9. The lowest BCUT2D eigenvalue weighted by Gasteiger charge is -2.10. The number of rotatable bonds is 3. The van der Waals surface area contributed by atoms with Gasteiger partial charge in [0, 0.05) is 16.0 Å². The van der Waals surface area contributed by atoms with E-state index in [0.29, 0.717) is 10.6 Å². The molecular weight excluding hydrogens is 279 g/mol. The van der Waals surface area contributed by atoms with Crippen LogP contribution in [-0.2, 0) is 6.54 Å². The molecule has 20 heavy (non-hydrogen) atoms. The van der Waals surface area contributed by atoms with Crippen molar-refractivity contribution in [3.63, 3.8) is 0 Å². The van der Waals surface area contributed by atoms with Gasteiger partial charge in [0.1, 0.15) is 0 Å². The van der Waals surface area contributed by atoms with Gasteiger partial charge in [-0.1, -0.05) is 29.8 Å². The molecule has 0 spiro atoms. The average molecular weight is 291 g/mol. The molecule has 1 aromatic heterocycles. The number of methoxy groups -OCH3 is 1. The Balaban J connectivity index is 2.07. The van der Waals surface area contributed by atoms with Crippen molar-refractivity contribution in [2.75, 3.05) is 7.11 Å². The Kier molecular flexibility index (Phi) is 3.32. The molecule has 0 saturated carbocycles. The molecule has 102 valence electrons. The van der Waals surface area contributed by atoms with Crippen molar-refractivity contribution in [3.05, 3.63) is 59.0 Å². The minimum Gasteiger partial charge on any atom is -0.494 e. The predicted molar refractivity (Wildman–Crippen MR) is 76.8 cm³/mol. The van der Waals surface area contributed by atoms with Crippen LogP contribution in [0.1, 0.15) is 5.56 Å². The van der Waals surface area contributed by atoms with Crippen LogP contribution >= 0.6 is 11.6 Å². The third-order valence-corrected chi connectivity index (χ3v) is 3.58. The fourth-order valence-electron chi connectivity index (χ4n) is 2.18. The second-order valence-electron chi connectivity index (χ2n) is 4.40. The Morgan fingerprint density at radius 3 is 2.85 bits per heavy atom. The van der Waals surface area contributed by atoms with Crippen molar-refractivity contribution >= 4 is 22.5 Å². The van der Waals surface area contributed by atoms with Gasteiger partial charge in [0.25, 0.3) is 0 Å². The first kappa shape index (κ1) is 12.9. The first-order valence-electron chi connectivity index (χ1n) is 6.12. The van der Waals surface area contributed by atoms with Crippen LogP contribution in [-0.4, -0.2) is 16.9 Å². The molecular formula is C15H12ClFN2O. The Labute approximate surface area is 120 Å². The van der Waals surface area contributed by atoms with Gasteiger partial charge in [-0.3, -0.25) is 4.68 Å². The standard InChI is InChI=1S/C15H12ClFN2O/c1-20-14-7-6-12(16)11(15(14)17)9-19-13-5-3-2-4-10(13)8-18-19/h2-8H,9H2,1H3. The Morgan fingerprint density at radius 1 is 1.25 bits per heavy atom. The minimum absolute atomic E-state index is 0.181. The van der Waals surface area contributed by atoms with E-state index in [1.54, 1.807) is 16.9 Å². The van der Waals surface area contributed by atoms with Gasteiger partial charge in [0.05, 0.1) is 25.4 Å². The molecule has 0 radical (unpaired) electrons. The highest BCUT2D eigenvalue weighted by atomic mass is 35.5. The van der Waals surface area contributed by atoms with Crippen LogP contribution in [0.3, 0.4) is 0 Å². The summed E-state index contributed by atoms with van der Waals surface area (Å²) in [6.07, 6.45) is 1.75. The van der Waals surface area contributed by atoms with Crippen molar-refractivity contribution in [1.82, 2.24) is 9.78 Å². The zero-order valence-corrected chi connectivity index (χ0v) is 11.6. The molecule has 3 rings (SSSR count). The van der Waals surface area contributed by atoms with E-state index in [2.05, 4.69) is 5.10 Å². The van der Waals surface area contributed by atoms with E-state index < -0.39 is 5.82 Å². The van der Waals surface area contributed by atoms with Crippen LogP contribution in [0.25, 0.3) is 10.9 Å². The van der Waals surface area contributed by atoms with Crippen molar-refractivity contribution < 1.29 is 9.13 Å². The van der Waals surface area contributed by atoms with Gasteiger partial charge < -0.3 is 4.74 Å². The number of benzene rings is 2. The van der Waals surface area contributed by atoms with Crippen LogP contribution < -0.4 is 4.74 Å². The lowest BCUT2D eigenvalue weighted by atomic mass is 10.2. The molecule has 0 aliphatic carbocycles. The van der Waals surface area contributed by atoms with E-state index in [4.69, 9.17) is 16.3 Å². The largest absolute Gasteiger partial charge is 0.494 e. The molecule has 0 aliphatic rings. The predicted octanol–water partition coefficient (Wildman–Crippen LogP) is 3.89. The zero-order valence-electron chi connectivity index (χ0n) is 10.8. The van der Waals surface area contributed by atoms with E-state index in [9.17, 15) is 4.39 Å². The third-order valence-electron chi connectivity index (χ3n) is 3.23. The van der Waals surface area contributed by atoms with Crippen LogP contribution in [0.5, 0.6) is 5.75 Å². The van der Waals surface area contributed by atoms with E-state index in [1.165, 1.54) is 13.2 Å². The summed E-state index contributed by atoms with van der Waals surface area (Å²) in [5, 5.41) is 5.65. The van der Waals surface area contributed by atoms with Gasteiger partial charge in [-0.25, -0.2) is 4.39 Å². The number of hydrogen-bond acceptors (Lipinski definition) is 2. The smallest absolute Gasteiger partial charge is 0.171 e. The van der Waals surface area contributed by atoms with Crippen molar-refractivity contribution in [2.45, 2.75) is 6.54 Å². The summed E-state index contributed by atoms with van der Waals surface area (Å²) in [5.41, 5.74) is 1.31. The van der Waals surface area contributed by atoms with Crippen molar-refractivity contribution in [3.8, 4) is 5.75 Å². The number of para-hydroxylation sites is 1. The molecule has 0 amide bonds. The summed E-state index contributed by atoms with van der Waals surface area (Å²) in [5.74, 6) is -0.263. The van der Waals surface area contributed by atoms with Gasteiger partial charge in [0.15, 0.2) is 11.6 Å². The first-order chi connectivity index (χ1) is 9.70. The molecule has 0 bridgehead atoms. The summed E-state index contributed by atoms with van der Waals surface area (Å²) < 4.78 is 21.0. The molecule has 0 atom stereocenters. The van der Waals surface area contributed by atoms with Gasteiger partial charge in [0.2, 0.25) is 0 Å². The number of ether oxygens (including phenoxy) is 1. The normalized spacial score (nSPS) is 10.9. The van der Waals surface area contributed by atoms with Crippen LogP contribution in [0.15, 0.2) is 42.6 Å². The summed E-state index contributed by atoms with van der Waals surface area (Å²) in [6.45, 7) is 0.259. The molecule has 1 heterocycles.